The first-order valence-corrected chi connectivity index (χ1v) is 5.34. The molecule has 0 aromatic carbocycles. The van der Waals surface area contributed by atoms with Gasteiger partial charge < -0.3 is 5.32 Å². The number of hydrogen-bond donors (Lipinski definition) is 1. The van der Waals surface area contributed by atoms with Crippen LogP contribution in [-0.4, -0.2) is 28.7 Å². The van der Waals surface area contributed by atoms with Crippen LogP contribution in [0.15, 0.2) is 0 Å². The first-order valence-electron chi connectivity index (χ1n) is 4.96. The molecule has 0 unspecified atom stereocenters. The van der Waals surface area contributed by atoms with Crippen LogP contribution in [0.25, 0.3) is 0 Å². The summed E-state index contributed by atoms with van der Waals surface area (Å²) in [7, 11) is 1.80. The Balaban J connectivity index is 2.68. The van der Waals surface area contributed by atoms with Crippen molar-refractivity contribution in [3.8, 4) is 0 Å². The summed E-state index contributed by atoms with van der Waals surface area (Å²) >= 11 is 6.04. The van der Waals surface area contributed by atoms with Crippen LogP contribution < -0.4 is 5.32 Å². The summed E-state index contributed by atoms with van der Waals surface area (Å²) in [5.41, 5.74) is 1.56. The molecule has 0 amide bonds. The van der Waals surface area contributed by atoms with Crippen LogP contribution in [0.4, 0.5) is 0 Å². The predicted octanol–water partition coefficient (Wildman–Crippen LogP) is 1.10. The maximum absolute atomic E-state index is 11.5. The lowest BCUT2D eigenvalue weighted by molar-refractivity contribution is -0.117. The van der Waals surface area contributed by atoms with Gasteiger partial charge in [0.2, 0.25) is 0 Å². The summed E-state index contributed by atoms with van der Waals surface area (Å²) in [6.45, 7) is 4.98. The van der Waals surface area contributed by atoms with Gasteiger partial charge in [-0.15, -0.1) is 0 Å². The van der Waals surface area contributed by atoms with Crippen molar-refractivity contribution in [3.63, 3.8) is 0 Å². The van der Waals surface area contributed by atoms with Gasteiger partial charge in [0.15, 0.2) is 5.78 Å². The smallest absolute Gasteiger partial charge is 0.152 e. The van der Waals surface area contributed by atoms with E-state index in [1.807, 2.05) is 13.8 Å². The first kappa shape index (κ1) is 12.2. The van der Waals surface area contributed by atoms with Crippen molar-refractivity contribution in [2.45, 2.75) is 20.3 Å². The lowest BCUT2D eigenvalue weighted by Gasteiger charge is -2.02. The number of aryl methyl sites for hydroxylation is 2. The summed E-state index contributed by atoms with van der Waals surface area (Å²) in [5, 5.41) is 7.75. The highest BCUT2D eigenvalue weighted by Gasteiger charge is 2.14. The quantitative estimate of drug-likeness (QED) is 0.823. The highest BCUT2D eigenvalue weighted by molar-refractivity contribution is 6.32. The van der Waals surface area contributed by atoms with Gasteiger partial charge in [-0.25, -0.2) is 0 Å². The average molecular weight is 230 g/mol. The van der Waals surface area contributed by atoms with E-state index in [0.717, 1.165) is 17.9 Å². The van der Waals surface area contributed by atoms with E-state index in [2.05, 4.69) is 10.4 Å². The summed E-state index contributed by atoms with van der Waals surface area (Å²) < 4.78 is 1.67. The fraction of sp³-hybridized carbons (Fsp3) is 0.600. The SMILES string of the molecule is CCNCC(=O)Cc1c(Cl)c(C)nn1C. The highest BCUT2D eigenvalue weighted by Crippen LogP contribution is 2.19. The van der Waals surface area contributed by atoms with Crippen LogP contribution in [0, 0.1) is 6.92 Å². The van der Waals surface area contributed by atoms with Crippen molar-refractivity contribution in [1.82, 2.24) is 15.1 Å². The molecule has 0 radical (unpaired) electrons. The molecule has 1 aromatic rings. The molecule has 0 saturated carbocycles. The van der Waals surface area contributed by atoms with E-state index in [-0.39, 0.29) is 5.78 Å². The number of nitrogens with one attached hydrogen (secondary N) is 1. The van der Waals surface area contributed by atoms with Gasteiger partial charge in [0.25, 0.3) is 0 Å². The van der Waals surface area contributed by atoms with Crippen molar-refractivity contribution < 1.29 is 4.79 Å². The number of carbonyl (C=O) groups excluding carboxylic acids is 1. The molecule has 15 heavy (non-hydrogen) atoms. The molecule has 0 spiro atoms. The van der Waals surface area contributed by atoms with Gasteiger partial charge in [-0.05, 0) is 13.5 Å². The Bertz CT molecular complexity index is 360. The maximum Gasteiger partial charge on any atom is 0.152 e. The Morgan fingerprint density at radius 3 is 2.73 bits per heavy atom. The van der Waals surface area contributed by atoms with Crippen LogP contribution in [-0.2, 0) is 18.3 Å². The molecule has 5 heteroatoms. The lowest BCUT2D eigenvalue weighted by atomic mass is 10.2. The van der Waals surface area contributed by atoms with Crippen LogP contribution >= 0.6 is 11.6 Å². The molecule has 0 saturated heterocycles. The van der Waals surface area contributed by atoms with Crippen LogP contribution in [0.1, 0.15) is 18.3 Å². The van der Waals surface area contributed by atoms with Gasteiger partial charge in [0, 0.05) is 7.05 Å². The van der Waals surface area contributed by atoms with Crippen LogP contribution in [0.3, 0.4) is 0 Å². The van der Waals surface area contributed by atoms with Gasteiger partial charge in [0.05, 0.1) is 29.4 Å². The number of nitrogens with zero attached hydrogens (tertiary/aromatic N) is 2. The van der Waals surface area contributed by atoms with E-state index in [4.69, 9.17) is 11.6 Å². The third-order valence-corrected chi connectivity index (χ3v) is 2.69. The van der Waals surface area contributed by atoms with Crippen molar-refractivity contribution in [2.24, 2.45) is 7.05 Å². The third kappa shape index (κ3) is 3.04. The number of carbonyl (C=O) groups is 1. The van der Waals surface area contributed by atoms with E-state index < -0.39 is 0 Å². The minimum absolute atomic E-state index is 0.127. The number of hydrogen-bond acceptors (Lipinski definition) is 3. The van der Waals surface area contributed by atoms with Crippen molar-refractivity contribution in [2.75, 3.05) is 13.1 Å². The number of Topliss-reactive ketones (excluding diaryl/α,β-unsaturated/α-hetero) is 1. The van der Waals surface area contributed by atoms with Gasteiger partial charge in [-0.2, -0.15) is 5.10 Å². The fourth-order valence-corrected chi connectivity index (χ4v) is 1.61. The van der Waals surface area contributed by atoms with E-state index in [1.54, 1.807) is 11.7 Å². The zero-order valence-electron chi connectivity index (χ0n) is 9.30. The number of halogens is 1. The molecular weight excluding hydrogens is 214 g/mol. The highest BCUT2D eigenvalue weighted by atomic mass is 35.5. The number of ketones is 1. The third-order valence-electron chi connectivity index (χ3n) is 2.20. The van der Waals surface area contributed by atoms with Crippen LogP contribution in [0.5, 0.6) is 0 Å². The summed E-state index contributed by atoms with van der Waals surface area (Å²) in [6.07, 6.45) is 0.336. The number of aromatic nitrogens is 2. The molecule has 4 nitrogen and oxygen atoms in total. The molecule has 1 aromatic heterocycles. The molecule has 84 valence electrons. The maximum atomic E-state index is 11.5. The predicted molar refractivity (Wildman–Crippen MR) is 60.2 cm³/mol. The Labute approximate surface area is 94.6 Å². The van der Waals surface area contributed by atoms with Crippen molar-refractivity contribution >= 4 is 17.4 Å². The molecule has 0 aliphatic rings. The fourth-order valence-electron chi connectivity index (χ4n) is 1.39. The molecule has 1 N–H and O–H groups in total. The minimum atomic E-state index is 0.127. The first-order chi connectivity index (χ1) is 7.06. The van der Waals surface area contributed by atoms with E-state index in [9.17, 15) is 4.79 Å². The van der Waals surface area contributed by atoms with Crippen LogP contribution in [0.2, 0.25) is 5.02 Å². The molecule has 0 fully saturated rings. The molecule has 1 rings (SSSR count). The molecule has 0 atom stereocenters. The molecule has 0 bridgehead atoms. The van der Waals surface area contributed by atoms with Gasteiger partial charge in [0.1, 0.15) is 0 Å². The van der Waals surface area contributed by atoms with Gasteiger partial charge in [-0.1, -0.05) is 18.5 Å². The standard InChI is InChI=1S/C10H16ClN3O/c1-4-12-6-8(15)5-9-10(11)7(2)13-14(9)3/h12H,4-6H2,1-3H3. The zero-order valence-corrected chi connectivity index (χ0v) is 10.1. The second-order valence-electron chi connectivity index (χ2n) is 3.47. The largest absolute Gasteiger partial charge is 0.310 e. The summed E-state index contributed by atoms with van der Waals surface area (Å²) in [5.74, 6) is 0.127. The second kappa shape index (κ2) is 5.28. The Morgan fingerprint density at radius 1 is 1.60 bits per heavy atom. The average Bonchev–Trinajstić information content (AvgIpc) is 2.42. The van der Waals surface area contributed by atoms with Gasteiger partial charge in [-0.3, -0.25) is 9.48 Å². The van der Waals surface area contributed by atoms with Gasteiger partial charge >= 0.3 is 0 Å². The lowest BCUT2D eigenvalue weighted by Crippen LogP contribution is -2.24. The number of rotatable bonds is 5. The Hall–Kier alpha value is -0.870. The topological polar surface area (TPSA) is 46.9 Å². The zero-order chi connectivity index (χ0) is 11.4. The minimum Gasteiger partial charge on any atom is -0.310 e. The Kier molecular flexibility index (Phi) is 4.29. The second-order valence-corrected chi connectivity index (χ2v) is 3.84. The normalized spacial score (nSPS) is 10.7. The van der Waals surface area contributed by atoms with Crippen molar-refractivity contribution in [1.29, 1.82) is 0 Å². The molecular formula is C10H16ClN3O. The molecule has 0 aliphatic heterocycles. The molecule has 1 heterocycles. The van der Waals surface area contributed by atoms with E-state index in [0.29, 0.717) is 18.0 Å². The van der Waals surface area contributed by atoms with Crippen molar-refractivity contribution in [3.05, 3.63) is 16.4 Å². The Morgan fingerprint density at radius 2 is 2.27 bits per heavy atom. The number of likely N-dealkylation sites (N-methyl/N-ethyl adjacent to an activating group) is 1. The summed E-state index contributed by atoms with van der Waals surface area (Å²) in [6, 6.07) is 0. The summed E-state index contributed by atoms with van der Waals surface area (Å²) in [4.78, 5) is 11.5. The molecule has 0 aliphatic carbocycles. The van der Waals surface area contributed by atoms with E-state index >= 15 is 0 Å². The van der Waals surface area contributed by atoms with E-state index in [1.165, 1.54) is 0 Å². The monoisotopic (exact) mass is 229 g/mol.